The Labute approximate surface area is 159 Å². The molecule has 0 fully saturated rings. The maximum atomic E-state index is 12.2. The fourth-order valence-corrected chi connectivity index (χ4v) is 3.05. The van der Waals surface area contributed by atoms with Gasteiger partial charge in [-0.1, -0.05) is 5.16 Å². The van der Waals surface area contributed by atoms with Gasteiger partial charge in [-0.05, 0) is 26.0 Å². The van der Waals surface area contributed by atoms with Gasteiger partial charge in [0.15, 0.2) is 0 Å². The van der Waals surface area contributed by atoms with Crippen LogP contribution in [0.1, 0.15) is 11.5 Å². The third kappa shape index (κ3) is 3.82. The van der Waals surface area contributed by atoms with E-state index < -0.39 is 6.61 Å². The first-order valence-electron chi connectivity index (χ1n) is 8.44. The number of fused-ring (bicyclic) bond motifs is 1. The third-order valence-corrected chi connectivity index (χ3v) is 4.26. The maximum absolute atomic E-state index is 12.2. The first-order chi connectivity index (χ1) is 13.5. The molecule has 2 heterocycles. The molecule has 0 aliphatic carbocycles. The molecule has 0 saturated heterocycles. The summed E-state index contributed by atoms with van der Waals surface area (Å²) in [6.07, 6.45) is 1.43. The molecule has 2 aromatic heterocycles. The molecule has 0 saturated carbocycles. The second-order valence-electron chi connectivity index (χ2n) is 5.99. The number of nitrogens with zero attached hydrogens (tertiary/aromatic N) is 2. The van der Waals surface area contributed by atoms with Gasteiger partial charge in [0.05, 0.1) is 42.4 Å². The Kier molecular flexibility index (Phi) is 5.90. The Bertz CT molecular complexity index is 958. The molecule has 0 spiro atoms. The second-order valence-corrected chi connectivity index (χ2v) is 5.99. The Morgan fingerprint density at radius 3 is 2.68 bits per heavy atom. The number of alkyl halides is 2. The van der Waals surface area contributed by atoms with Crippen LogP contribution in [0, 0.1) is 13.8 Å². The minimum atomic E-state index is -2.84. The smallest absolute Gasteiger partial charge is 0.345 e. The highest BCUT2D eigenvalue weighted by atomic mass is 19.3. The van der Waals surface area contributed by atoms with Crippen LogP contribution in [0.25, 0.3) is 22.0 Å². The third-order valence-electron chi connectivity index (χ3n) is 4.26. The second kappa shape index (κ2) is 8.36. The average molecular weight is 394 g/mol. The minimum Gasteiger partial charge on any atom is -0.496 e. The van der Waals surface area contributed by atoms with E-state index in [0.717, 1.165) is 11.1 Å². The van der Waals surface area contributed by atoms with Crippen molar-refractivity contribution in [2.45, 2.75) is 20.5 Å². The van der Waals surface area contributed by atoms with E-state index in [1.54, 1.807) is 13.0 Å². The molecule has 28 heavy (non-hydrogen) atoms. The summed E-state index contributed by atoms with van der Waals surface area (Å²) in [5.74, 6) is 1.19. The molecule has 0 aliphatic rings. The number of hydrogen-bond acceptors (Lipinski definition) is 8. The van der Waals surface area contributed by atoms with Crippen LogP contribution in [0.4, 0.5) is 20.2 Å². The van der Waals surface area contributed by atoms with Crippen LogP contribution in [0.5, 0.6) is 5.75 Å². The highest BCUT2D eigenvalue weighted by Crippen LogP contribution is 2.40. The van der Waals surface area contributed by atoms with Crippen molar-refractivity contribution < 1.29 is 28.0 Å². The Morgan fingerprint density at radius 1 is 1.29 bits per heavy atom. The standard InChI is InChI=1S/C18H20F2N4O4/c1-9-16(10(2)28-24-9)12-6-13-11(7-15(12)26-3)17(14(23-25)8-22-13)21-4-5-27-18(19)20/h6-8,18,23,25H,4-5H2,1-3H3,(H,21,22). The molecule has 0 atom stereocenters. The predicted molar refractivity (Wildman–Crippen MR) is 99.1 cm³/mol. The van der Waals surface area contributed by atoms with Crippen molar-refractivity contribution in [3.63, 3.8) is 0 Å². The summed E-state index contributed by atoms with van der Waals surface area (Å²) in [6, 6.07) is 3.57. The summed E-state index contributed by atoms with van der Waals surface area (Å²) >= 11 is 0. The number of halogens is 2. The Balaban J connectivity index is 2.08. The van der Waals surface area contributed by atoms with Crippen molar-refractivity contribution in [2.75, 3.05) is 31.1 Å². The molecule has 0 unspecified atom stereocenters. The highest BCUT2D eigenvalue weighted by Gasteiger charge is 2.19. The van der Waals surface area contributed by atoms with Crippen LogP contribution < -0.4 is 15.5 Å². The number of ether oxygens (including phenoxy) is 2. The number of pyridine rings is 1. The number of methoxy groups -OCH3 is 1. The fraction of sp³-hybridized carbons (Fsp3) is 0.333. The number of aromatic nitrogens is 2. The lowest BCUT2D eigenvalue weighted by molar-refractivity contribution is -0.125. The van der Waals surface area contributed by atoms with E-state index in [1.165, 1.54) is 13.3 Å². The molecule has 3 aromatic rings. The molecule has 0 aliphatic heterocycles. The topological polar surface area (TPSA) is 102 Å². The molecular weight excluding hydrogens is 374 g/mol. The molecule has 3 rings (SSSR count). The van der Waals surface area contributed by atoms with Gasteiger partial charge < -0.3 is 19.3 Å². The normalized spacial score (nSPS) is 11.2. The summed E-state index contributed by atoms with van der Waals surface area (Å²) in [5, 5.41) is 17.0. The van der Waals surface area contributed by atoms with Crippen molar-refractivity contribution in [1.82, 2.24) is 10.1 Å². The van der Waals surface area contributed by atoms with Crippen LogP contribution in [-0.2, 0) is 4.74 Å². The molecule has 150 valence electrons. The summed E-state index contributed by atoms with van der Waals surface area (Å²) in [4.78, 5) is 4.35. The lowest BCUT2D eigenvalue weighted by Gasteiger charge is -2.16. The van der Waals surface area contributed by atoms with Crippen molar-refractivity contribution in [2.24, 2.45) is 0 Å². The van der Waals surface area contributed by atoms with E-state index in [2.05, 4.69) is 25.7 Å². The van der Waals surface area contributed by atoms with Gasteiger partial charge in [0.1, 0.15) is 17.2 Å². The fourth-order valence-electron chi connectivity index (χ4n) is 3.05. The Morgan fingerprint density at radius 2 is 2.07 bits per heavy atom. The van der Waals surface area contributed by atoms with Crippen LogP contribution in [0.3, 0.4) is 0 Å². The largest absolute Gasteiger partial charge is 0.496 e. The molecule has 1 aromatic carbocycles. The minimum absolute atomic E-state index is 0.103. The van der Waals surface area contributed by atoms with E-state index in [0.29, 0.717) is 33.8 Å². The zero-order valence-electron chi connectivity index (χ0n) is 15.5. The van der Waals surface area contributed by atoms with Crippen LogP contribution in [0.2, 0.25) is 0 Å². The van der Waals surface area contributed by atoms with Gasteiger partial charge >= 0.3 is 6.61 Å². The highest BCUT2D eigenvalue weighted by molar-refractivity contribution is 6.01. The zero-order chi connectivity index (χ0) is 20.3. The van der Waals surface area contributed by atoms with Crippen LogP contribution >= 0.6 is 0 Å². The van der Waals surface area contributed by atoms with Crippen LogP contribution in [0.15, 0.2) is 22.9 Å². The van der Waals surface area contributed by atoms with Gasteiger partial charge in [-0.15, -0.1) is 0 Å². The van der Waals surface area contributed by atoms with Crippen molar-refractivity contribution in [1.29, 1.82) is 0 Å². The maximum Gasteiger partial charge on any atom is 0.345 e. The predicted octanol–water partition coefficient (Wildman–Crippen LogP) is 3.97. The lowest BCUT2D eigenvalue weighted by atomic mass is 10.00. The summed E-state index contributed by atoms with van der Waals surface area (Å²) in [7, 11) is 1.54. The first kappa shape index (κ1) is 19.8. The number of nitrogens with one attached hydrogen (secondary N) is 2. The number of rotatable bonds is 8. The number of hydrogen-bond donors (Lipinski definition) is 3. The van der Waals surface area contributed by atoms with Gasteiger partial charge in [-0.2, -0.15) is 8.78 Å². The van der Waals surface area contributed by atoms with E-state index in [1.807, 2.05) is 13.0 Å². The van der Waals surface area contributed by atoms with E-state index in [4.69, 9.17) is 9.26 Å². The molecule has 8 nitrogen and oxygen atoms in total. The molecular formula is C18H20F2N4O4. The number of anilines is 2. The molecule has 0 amide bonds. The Hall–Kier alpha value is -2.98. The average Bonchev–Trinajstić information content (AvgIpc) is 3.01. The van der Waals surface area contributed by atoms with E-state index in [-0.39, 0.29) is 18.8 Å². The summed E-state index contributed by atoms with van der Waals surface area (Å²) in [6.45, 7) is 0.690. The molecule has 3 N–H and O–H groups in total. The molecule has 0 bridgehead atoms. The summed E-state index contributed by atoms with van der Waals surface area (Å²) < 4.78 is 39.4. The monoisotopic (exact) mass is 394 g/mol. The van der Waals surface area contributed by atoms with Crippen molar-refractivity contribution in [3.05, 3.63) is 29.8 Å². The van der Waals surface area contributed by atoms with Gasteiger partial charge in [-0.3, -0.25) is 15.7 Å². The van der Waals surface area contributed by atoms with Gasteiger partial charge in [0.25, 0.3) is 0 Å². The molecule has 0 radical (unpaired) electrons. The summed E-state index contributed by atoms with van der Waals surface area (Å²) in [5.41, 5.74) is 5.71. The first-order valence-corrected chi connectivity index (χ1v) is 8.44. The van der Waals surface area contributed by atoms with Gasteiger partial charge in [0, 0.05) is 17.5 Å². The van der Waals surface area contributed by atoms with Gasteiger partial charge in [0.2, 0.25) is 0 Å². The van der Waals surface area contributed by atoms with Gasteiger partial charge in [-0.25, -0.2) is 0 Å². The number of aryl methyl sites for hydroxylation is 2. The number of benzene rings is 1. The van der Waals surface area contributed by atoms with Crippen LogP contribution in [-0.4, -0.2) is 42.2 Å². The van der Waals surface area contributed by atoms with E-state index in [9.17, 15) is 14.0 Å². The molecule has 10 heteroatoms. The quantitative estimate of drug-likeness (QED) is 0.390. The lowest BCUT2D eigenvalue weighted by Crippen LogP contribution is -2.13. The van der Waals surface area contributed by atoms with Crippen molar-refractivity contribution >= 4 is 22.3 Å². The van der Waals surface area contributed by atoms with E-state index >= 15 is 0 Å². The van der Waals surface area contributed by atoms with Crippen molar-refractivity contribution in [3.8, 4) is 16.9 Å². The SMILES string of the molecule is COc1cc2c(NCCOC(F)F)c(NO)cnc2cc1-c1c(C)noc1C. The zero-order valence-corrected chi connectivity index (χ0v) is 15.5.